The molecule has 0 spiro atoms. The Morgan fingerprint density at radius 3 is 2.83 bits per heavy atom. The number of ether oxygens (including phenoxy) is 1. The zero-order chi connectivity index (χ0) is 16.8. The Hall–Kier alpha value is -2.18. The highest BCUT2D eigenvalue weighted by Crippen LogP contribution is 2.22. The van der Waals surface area contributed by atoms with Crippen LogP contribution in [0.1, 0.15) is 28.4 Å². The predicted octanol–water partition coefficient (Wildman–Crippen LogP) is 2.47. The van der Waals surface area contributed by atoms with Crippen LogP contribution < -0.4 is 5.32 Å². The smallest absolute Gasteiger partial charge is 0.252 e. The first kappa shape index (κ1) is 16.7. The van der Waals surface area contributed by atoms with Crippen molar-refractivity contribution in [2.45, 2.75) is 12.5 Å². The van der Waals surface area contributed by atoms with Crippen LogP contribution in [0.25, 0.3) is 0 Å². The SMILES string of the molecule is O=C(NCCC(=O)N1CCO[C@H](c2ccccc2)C1)c1ccsc1. The van der Waals surface area contributed by atoms with Gasteiger partial charge in [-0.25, -0.2) is 0 Å². The summed E-state index contributed by atoms with van der Waals surface area (Å²) in [5.41, 5.74) is 1.73. The molecule has 24 heavy (non-hydrogen) atoms. The van der Waals surface area contributed by atoms with Gasteiger partial charge in [0.05, 0.1) is 13.2 Å². The van der Waals surface area contributed by atoms with Gasteiger partial charge in [-0.05, 0) is 17.0 Å². The van der Waals surface area contributed by atoms with Crippen LogP contribution in [0.2, 0.25) is 0 Å². The molecule has 1 N–H and O–H groups in total. The van der Waals surface area contributed by atoms with Gasteiger partial charge >= 0.3 is 0 Å². The first-order valence-corrected chi connectivity index (χ1v) is 8.93. The van der Waals surface area contributed by atoms with E-state index in [4.69, 9.17) is 4.74 Å². The number of benzene rings is 1. The third-order valence-corrected chi connectivity index (χ3v) is 4.68. The fourth-order valence-electron chi connectivity index (χ4n) is 2.68. The summed E-state index contributed by atoms with van der Waals surface area (Å²) in [4.78, 5) is 26.0. The molecule has 1 atom stereocenters. The standard InChI is InChI=1S/C18H20N2O3S/c21-17(6-8-19-18(22)15-7-11-24-13-15)20-9-10-23-16(12-20)14-4-2-1-3-5-14/h1-5,7,11,13,16H,6,8-10,12H2,(H,19,22)/t16-/m0/s1. The van der Waals surface area contributed by atoms with Crippen molar-refractivity contribution >= 4 is 23.2 Å². The van der Waals surface area contributed by atoms with Crippen molar-refractivity contribution in [3.05, 3.63) is 58.3 Å². The number of morpholine rings is 1. The minimum atomic E-state index is -0.131. The molecule has 1 fully saturated rings. The molecule has 1 aliphatic rings. The van der Waals surface area contributed by atoms with Crippen LogP contribution in [-0.2, 0) is 9.53 Å². The van der Waals surface area contributed by atoms with Gasteiger partial charge in [0.1, 0.15) is 6.10 Å². The lowest BCUT2D eigenvalue weighted by Crippen LogP contribution is -2.43. The van der Waals surface area contributed by atoms with Crippen LogP contribution in [0, 0.1) is 0 Å². The molecule has 0 saturated carbocycles. The fourth-order valence-corrected chi connectivity index (χ4v) is 3.32. The van der Waals surface area contributed by atoms with Crippen LogP contribution in [0.4, 0.5) is 0 Å². The van der Waals surface area contributed by atoms with E-state index in [-0.39, 0.29) is 17.9 Å². The molecule has 2 aromatic rings. The van der Waals surface area contributed by atoms with Gasteiger partial charge in [0, 0.05) is 30.5 Å². The fraction of sp³-hybridized carbons (Fsp3) is 0.333. The second-order valence-electron chi connectivity index (χ2n) is 5.63. The largest absolute Gasteiger partial charge is 0.370 e. The Labute approximate surface area is 145 Å². The van der Waals surface area contributed by atoms with E-state index in [0.29, 0.717) is 38.2 Å². The molecule has 126 valence electrons. The molecule has 1 aromatic heterocycles. The number of nitrogens with zero attached hydrogens (tertiary/aromatic N) is 1. The Morgan fingerprint density at radius 1 is 1.25 bits per heavy atom. The van der Waals surface area contributed by atoms with E-state index in [1.807, 2.05) is 40.6 Å². The lowest BCUT2D eigenvalue weighted by molar-refractivity contribution is -0.138. The third kappa shape index (κ3) is 4.21. The molecule has 1 aliphatic heterocycles. The van der Waals surface area contributed by atoms with Crippen molar-refractivity contribution in [3.63, 3.8) is 0 Å². The maximum Gasteiger partial charge on any atom is 0.252 e. The normalized spacial score (nSPS) is 17.5. The van der Waals surface area contributed by atoms with Gasteiger partial charge < -0.3 is 15.0 Å². The van der Waals surface area contributed by atoms with Gasteiger partial charge in [0.25, 0.3) is 5.91 Å². The van der Waals surface area contributed by atoms with E-state index in [1.54, 1.807) is 11.4 Å². The molecule has 0 unspecified atom stereocenters. The summed E-state index contributed by atoms with van der Waals surface area (Å²) in [6, 6.07) is 11.7. The van der Waals surface area contributed by atoms with Gasteiger partial charge in [-0.2, -0.15) is 11.3 Å². The summed E-state index contributed by atoms with van der Waals surface area (Å²) in [5, 5.41) is 6.44. The number of thiophene rings is 1. The first-order chi connectivity index (χ1) is 11.7. The average molecular weight is 344 g/mol. The monoisotopic (exact) mass is 344 g/mol. The summed E-state index contributed by atoms with van der Waals surface area (Å²) in [6.07, 6.45) is 0.224. The van der Waals surface area contributed by atoms with E-state index in [9.17, 15) is 9.59 Å². The topological polar surface area (TPSA) is 58.6 Å². The summed E-state index contributed by atoms with van der Waals surface area (Å²) >= 11 is 1.48. The number of carbonyl (C=O) groups excluding carboxylic acids is 2. The number of hydrogen-bond acceptors (Lipinski definition) is 4. The highest BCUT2D eigenvalue weighted by molar-refractivity contribution is 7.08. The number of amides is 2. The van der Waals surface area contributed by atoms with Gasteiger partial charge in [-0.15, -0.1) is 0 Å². The maximum atomic E-state index is 12.4. The Balaban J connectivity index is 1.47. The molecule has 6 heteroatoms. The number of rotatable bonds is 5. The predicted molar refractivity (Wildman–Crippen MR) is 93.0 cm³/mol. The van der Waals surface area contributed by atoms with E-state index in [0.717, 1.165) is 5.56 Å². The highest BCUT2D eigenvalue weighted by Gasteiger charge is 2.25. The Morgan fingerprint density at radius 2 is 2.08 bits per heavy atom. The molecule has 1 saturated heterocycles. The molecule has 1 aromatic carbocycles. The van der Waals surface area contributed by atoms with Crippen LogP contribution in [0.5, 0.6) is 0 Å². The first-order valence-electron chi connectivity index (χ1n) is 7.99. The van der Waals surface area contributed by atoms with E-state index >= 15 is 0 Å². The number of carbonyl (C=O) groups is 2. The number of nitrogens with one attached hydrogen (secondary N) is 1. The van der Waals surface area contributed by atoms with E-state index in [2.05, 4.69) is 5.32 Å². The quantitative estimate of drug-likeness (QED) is 0.906. The van der Waals surface area contributed by atoms with Crippen molar-refractivity contribution in [2.75, 3.05) is 26.2 Å². The van der Waals surface area contributed by atoms with Crippen LogP contribution in [0.3, 0.4) is 0 Å². The minimum Gasteiger partial charge on any atom is -0.370 e. The van der Waals surface area contributed by atoms with Crippen LogP contribution >= 0.6 is 11.3 Å². The average Bonchev–Trinajstić information content (AvgIpc) is 3.17. The van der Waals surface area contributed by atoms with Crippen LogP contribution in [-0.4, -0.2) is 43.0 Å². The lowest BCUT2D eigenvalue weighted by Gasteiger charge is -2.33. The molecule has 2 heterocycles. The summed E-state index contributed by atoms with van der Waals surface area (Å²) in [5.74, 6) is -0.0851. The second-order valence-corrected chi connectivity index (χ2v) is 6.41. The van der Waals surface area contributed by atoms with Crippen LogP contribution in [0.15, 0.2) is 47.2 Å². The minimum absolute atomic E-state index is 0.0462. The summed E-state index contributed by atoms with van der Waals surface area (Å²) in [6.45, 7) is 2.04. The maximum absolute atomic E-state index is 12.4. The number of hydrogen-bond donors (Lipinski definition) is 1. The third-order valence-electron chi connectivity index (χ3n) is 4.00. The van der Waals surface area contributed by atoms with Gasteiger partial charge in [0.2, 0.25) is 5.91 Å². The molecule has 0 radical (unpaired) electrons. The van der Waals surface area contributed by atoms with Gasteiger partial charge in [-0.3, -0.25) is 9.59 Å². The van der Waals surface area contributed by atoms with E-state index in [1.165, 1.54) is 11.3 Å². The molecular formula is C18H20N2O3S. The van der Waals surface area contributed by atoms with E-state index < -0.39 is 0 Å². The Kier molecular flexibility index (Phi) is 5.61. The second kappa shape index (κ2) is 8.08. The summed E-state index contributed by atoms with van der Waals surface area (Å²) < 4.78 is 5.77. The molecular weight excluding hydrogens is 324 g/mol. The van der Waals surface area contributed by atoms with Crippen molar-refractivity contribution < 1.29 is 14.3 Å². The van der Waals surface area contributed by atoms with Crippen molar-refractivity contribution in [1.29, 1.82) is 0 Å². The molecule has 5 nitrogen and oxygen atoms in total. The molecule has 2 amide bonds. The van der Waals surface area contributed by atoms with Gasteiger partial charge in [0.15, 0.2) is 0 Å². The lowest BCUT2D eigenvalue weighted by atomic mass is 10.1. The zero-order valence-corrected chi connectivity index (χ0v) is 14.1. The highest BCUT2D eigenvalue weighted by atomic mass is 32.1. The van der Waals surface area contributed by atoms with Crippen molar-refractivity contribution in [1.82, 2.24) is 10.2 Å². The van der Waals surface area contributed by atoms with Gasteiger partial charge in [-0.1, -0.05) is 30.3 Å². The zero-order valence-electron chi connectivity index (χ0n) is 13.3. The van der Waals surface area contributed by atoms with Crippen molar-refractivity contribution in [3.8, 4) is 0 Å². The van der Waals surface area contributed by atoms with Crippen molar-refractivity contribution in [2.24, 2.45) is 0 Å². The summed E-state index contributed by atoms with van der Waals surface area (Å²) in [7, 11) is 0. The molecule has 3 rings (SSSR count). The molecule has 0 bridgehead atoms. The molecule has 0 aliphatic carbocycles. The Bertz CT molecular complexity index is 673.